The highest BCUT2D eigenvalue weighted by Gasteiger charge is 2.25. The summed E-state index contributed by atoms with van der Waals surface area (Å²) in [6, 6.07) is 0. The van der Waals surface area contributed by atoms with Crippen molar-refractivity contribution in [2.45, 2.75) is 25.7 Å². The van der Waals surface area contributed by atoms with Gasteiger partial charge in [0.25, 0.3) is 0 Å². The number of nitrogens with two attached hydrogens (primary N) is 1. The summed E-state index contributed by atoms with van der Waals surface area (Å²) in [5.41, 5.74) is 5.86. The van der Waals surface area contributed by atoms with Gasteiger partial charge in [-0.05, 0) is 31.2 Å². The average Bonchev–Trinajstić information content (AvgIpc) is 2.30. The zero-order chi connectivity index (χ0) is 11.8. The van der Waals surface area contributed by atoms with E-state index >= 15 is 0 Å². The van der Waals surface area contributed by atoms with Crippen LogP contribution in [0.3, 0.4) is 0 Å². The topological polar surface area (TPSA) is 29.3 Å². The smallest absolute Gasteiger partial charge is 0.0164 e. The number of rotatable bonds is 7. The predicted molar refractivity (Wildman–Crippen MR) is 71.3 cm³/mol. The van der Waals surface area contributed by atoms with Gasteiger partial charge in [0.2, 0.25) is 0 Å². The van der Waals surface area contributed by atoms with E-state index in [4.69, 9.17) is 5.73 Å². The molecule has 2 unspecified atom stereocenters. The van der Waals surface area contributed by atoms with Crippen molar-refractivity contribution >= 4 is 0 Å². The third-order valence-electron chi connectivity index (χ3n) is 3.64. The lowest BCUT2D eigenvalue weighted by Gasteiger charge is -2.34. The zero-order valence-electron chi connectivity index (χ0n) is 10.4. The molecule has 1 rings (SSSR count). The third kappa shape index (κ3) is 4.11. The Morgan fingerprint density at radius 2 is 1.62 bits per heavy atom. The van der Waals surface area contributed by atoms with Crippen molar-refractivity contribution in [2.24, 2.45) is 17.6 Å². The Bertz CT molecular complexity index is 203. The first-order valence-corrected chi connectivity index (χ1v) is 6.46. The summed E-state index contributed by atoms with van der Waals surface area (Å²) in [4.78, 5) is 2.42. The molecule has 0 aromatic rings. The Morgan fingerprint density at radius 3 is 2.12 bits per heavy atom. The van der Waals surface area contributed by atoms with Crippen LogP contribution in [-0.2, 0) is 0 Å². The molecule has 0 radical (unpaired) electrons. The van der Waals surface area contributed by atoms with Crippen molar-refractivity contribution in [1.29, 1.82) is 0 Å². The van der Waals surface area contributed by atoms with Crippen LogP contribution >= 0.6 is 0 Å². The molecule has 0 aliphatic heterocycles. The summed E-state index contributed by atoms with van der Waals surface area (Å²) in [6.07, 6.45) is 9.34. The summed E-state index contributed by atoms with van der Waals surface area (Å²) < 4.78 is 0. The molecule has 2 nitrogen and oxygen atoms in total. The Balaban J connectivity index is 2.46. The van der Waals surface area contributed by atoms with Crippen molar-refractivity contribution in [1.82, 2.24) is 4.90 Å². The van der Waals surface area contributed by atoms with E-state index in [1.54, 1.807) is 0 Å². The standard InChI is InChI=1S/C14H26N2/c1-3-9-16(10-4-2)12-14-8-6-5-7-13(14)11-15/h3-4,13-14H,1-2,5-12,15H2. The van der Waals surface area contributed by atoms with E-state index in [0.717, 1.165) is 38.0 Å². The predicted octanol–water partition coefficient (Wildman–Crippen LogP) is 2.43. The SMILES string of the molecule is C=CCN(CC=C)CC1CCCCC1CN. The van der Waals surface area contributed by atoms with Crippen molar-refractivity contribution in [3.8, 4) is 0 Å². The van der Waals surface area contributed by atoms with E-state index in [1.807, 2.05) is 12.2 Å². The van der Waals surface area contributed by atoms with Gasteiger partial charge in [0.15, 0.2) is 0 Å². The molecule has 92 valence electrons. The summed E-state index contributed by atoms with van der Waals surface area (Å²) in [7, 11) is 0. The monoisotopic (exact) mass is 222 g/mol. The van der Waals surface area contributed by atoms with E-state index in [1.165, 1.54) is 25.7 Å². The normalized spacial score (nSPS) is 25.6. The van der Waals surface area contributed by atoms with Crippen LogP contribution < -0.4 is 5.73 Å². The molecular formula is C14H26N2. The molecule has 0 aromatic carbocycles. The van der Waals surface area contributed by atoms with Crippen molar-refractivity contribution in [3.05, 3.63) is 25.3 Å². The van der Waals surface area contributed by atoms with Gasteiger partial charge >= 0.3 is 0 Å². The second kappa shape index (κ2) is 7.64. The van der Waals surface area contributed by atoms with Crippen LogP contribution in [0.5, 0.6) is 0 Å². The summed E-state index contributed by atoms with van der Waals surface area (Å²) in [5, 5.41) is 0. The number of hydrogen-bond acceptors (Lipinski definition) is 2. The highest BCUT2D eigenvalue weighted by atomic mass is 15.1. The number of hydrogen-bond donors (Lipinski definition) is 1. The van der Waals surface area contributed by atoms with Gasteiger partial charge in [-0.25, -0.2) is 0 Å². The molecule has 2 atom stereocenters. The first kappa shape index (κ1) is 13.5. The summed E-state index contributed by atoms with van der Waals surface area (Å²) >= 11 is 0. The minimum atomic E-state index is 0.728. The maximum absolute atomic E-state index is 5.86. The van der Waals surface area contributed by atoms with Gasteiger partial charge < -0.3 is 5.73 Å². The van der Waals surface area contributed by atoms with Crippen LogP contribution in [0.2, 0.25) is 0 Å². The highest BCUT2D eigenvalue weighted by molar-refractivity contribution is 4.84. The average molecular weight is 222 g/mol. The van der Waals surface area contributed by atoms with E-state index in [-0.39, 0.29) is 0 Å². The van der Waals surface area contributed by atoms with Gasteiger partial charge in [0.1, 0.15) is 0 Å². The second-order valence-electron chi connectivity index (χ2n) is 4.84. The van der Waals surface area contributed by atoms with Crippen molar-refractivity contribution < 1.29 is 0 Å². The molecule has 0 bridgehead atoms. The maximum Gasteiger partial charge on any atom is 0.0164 e. The van der Waals surface area contributed by atoms with Gasteiger partial charge in [0, 0.05) is 19.6 Å². The lowest BCUT2D eigenvalue weighted by molar-refractivity contribution is 0.173. The minimum Gasteiger partial charge on any atom is -0.330 e. The fourth-order valence-corrected chi connectivity index (χ4v) is 2.76. The van der Waals surface area contributed by atoms with Gasteiger partial charge in [-0.2, -0.15) is 0 Å². The van der Waals surface area contributed by atoms with E-state index in [0.29, 0.717) is 0 Å². The molecule has 16 heavy (non-hydrogen) atoms. The Kier molecular flexibility index (Phi) is 6.43. The lowest BCUT2D eigenvalue weighted by atomic mass is 9.79. The number of nitrogens with zero attached hydrogens (tertiary/aromatic N) is 1. The first-order chi connectivity index (χ1) is 7.81. The lowest BCUT2D eigenvalue weighted by Crippen LogP contribution is -2.37. The van der Waals surface area contributed by atoms with Gasteiger partial charge in [0.05, 0.1) is 0 Å². The first-order valence-electron chi connectivity index (χ1n) is 6.46. The molecule has 0 saturated heterocycles. The molecule has 1 aliphatic carbocycles. The second-order valence-corrected chi connectivity index (χ2v) is 4.84. The van der Waals surface area contributed by atoms with Gasteiger partial charge in [-0.1, -0.05) is 25.0 Å². The Labute approximate surface area is 100 Å². The maximum atomic E-state index is 5.86. The fraction of sp³-hybridized carbons (Fsp3) is 0.714. The van der Waals surface area contributed by atoms with Crippen LogP contribution in [0.1, 0.15) is 25.7 Å². The van der Waals surface area contributed by atoms with Crippen LogP contribution in [0.15, 0.2) is 25.3 Å². The largest absolute Gasteiger partial charge is 0.330 e. The Hall–Kier alpha value is -0.600. The summed E-state index contributed by atoms with van der Waals surface area (Å²) in [6.45, 7) is 11.5. The molecule has 2 N–H and O–H groups in total. The zero-order valence-corrected chi connectivity index (χ0v) is 10.4. The fourth-order valence-electron chi connectivity index (χ4n) is 2.76. The van der Waals surface area contributed by atoms with Crippen LogP contribution in [-0.4, -0.2) is 31.1 Å². The third-order valence-corrected chi connectivity index (χ3v) is 3.64. The molecular weight excluding hydrogens is 196 g/mol. The van der Waals surface area contributed by atoms with Crippen LogP contribution in [0, 0.1) is 11.8 Å². The van der Waals surface area contributed by atoms with Crippen molar-refractivity contribution in [2.75, 3.05) is 26.2 Å². The molecule has 1 fully saturated rings. The summed E-state index contributed by atoms with van der Waals surface area (Å²) in [5.74, 6) is 1.50. The van der Waals surface area contributed by atoms with Crippen molar-refractivity contribution in [3.63, 3.8) is 0 Å². The molecule has 1 aliphatic rings. The molecule has 0 spiro atoms. The molecule has 1 saturated carbocycles. The van der Waals surface area contributed by atoms with E-state index in [2.05, 4.69) is 18.1 Å². The molecule has 2 heteroatoms. The van der Waals surface area contributed by atoms with E-state index < -0.39 is 0 Å². The molecule has 0 aromatic heterocycles. The minimum absolute atomic E-state index is 0.728. The van der Waals surface area contributed by atoms with Gasteiger partial charge in [-0.15, -0.1) is 13.2 Å². The quantitative estimate of drug-likeness (QED) is 0.670. The highest BCUT2D eigenvalue weighted by Crippen LogP contribution is 2.29. The van der Waals surface area contributed by atoms with Crippen LogP contribution in [0.4, 0.5) is 0 Å². The van der Waals surface area contributed by atoms with E-state index in [9.17, 15) is 0 Å². The van der Waals surface area contributed by atoms with Crippen LogP contribution in [0.25, 0.3) is 0 Å². The Morgan fingerprint density at radius 1 is 1.06 bits per heavy atom. The van der Waals surface area contributed by atoms with Gasteiger partial charge in [-0.3, -0.25) is 4.90 Å². The molecule has 0 heterocycles. The molecule has 0 amide bonds.